The lowest BCUT2D eigenvalue weighted by Crippen LogP contribution is -2.30. The zero-order valence-electron chi connectivity index (χ0n) is 22.4. The van der Waals surface area contributed by atoms with E-state index in [1.807, 2.05) is 20.8 Å². The Balaban J connectivity index is 0. The summed E-state index contributed by atoms with van der Waals surface area (Å²) in [6.45, 7) is 42.2. The molecule has 178 valence electrons. The molecule has 0 aliphatic carbocycles. The Morgan fingerprint density at radius 3 is 1.84 bits per heavy atom. The van der Waals surface area contributed by atoms with Gasteiger partial charge in [0.1, 0.15) is 0 Å². The van der Waals surface area contributed by atoms with E-state index in [0.717, 1.165) is 29.0 Å². The average Bonchev–Trinajstić information content (AvgIpc) is 2.75. The first-order valence-corrected chi connectivity index (χ1v) is 11.3. The molecule has 0 heterocycles. The highest BCUT2D eigenvalue weighted by Crippen LogP contribution is 2.19. The lowest BCUT2D eigenvalue weighted by atomic mass is 10.0. The Morgan fingerprint density at radius 1 is 0.938 bits per heavy atom. The van der Waals surface area contributed by atoms with E-state index in [1.54, 1.807) is 6.08 Å². The van der Waals surface area contributed by atoms with Crippen LogP contribution in [0.5, 0.6) is 0 Å². The minimum absolute atomic E-state index is 0.211. The van der Waals surface area contributed by atoms with E-state index in [2.05, 4.69) is 109 Å². The first-order valence-electron chi connectivity index (χ1n) is 11.3. The molecule has 2 nitrogen and oxygen atoms in total. The van der Waals surface area contributed by atoms with Crippen LogP contribution in [0.25, 0.3) is 0 Å². The molecule has 0 amide bonds. The molecule has 0 saturated carbocycles. The Morgan fingerprint density at radius 2 is 1.47 bits per heavy atom. The van der Waals surface area contributed by atoms with Gasteiger partial charge in [0, 0.05) is 23.1 Å². The average molecular weight is 437 g/mol. The third-order valence-electron chi connectivity index (χ3n) is 5.60. The molecule has 1 N–H and O–H groups in total. The van der Waals surface area contributed by atoms with Gasteiger partial charge in [-0.05, 0) is 73.0 Å². The van der Waals surface area contributed by atoms with Gasteiger partial charge in [-0.3, -0.25) is 0 Å². The fraction of sp³-hybridized carbons (Fsp3) is 0.400. The largest absolute Gasteiger partial charge is 0.379 e. The van der Waals surface area contributed by atoms with Crippen molar-refractivity contribution in [3.63, 3.8) is 0 Å². The predicted molar refractivity (Wildman–Crippen MR) is 148 cm³/mol. The quantitative estimate of drug-likeness (QED) is 0.243. The summed E-state index contributed by atoms with van der Waals surface area (Å²) in [5, 5.41) is 3.31. The third kappa shape index (κ3) is 11.6. The minimum Gasteiger partial charge on any atom is -0.379 e. The molecule has 0 saturated heterocycles. The molecule has 0 aliphatic rings. The van der Waals surface area contributed by atoms with Gasteiger partial charge in [-0.25, -0.2) is 0 Å². The maximum Gasteiger partial charge on any atom is 0.0511 e. The van der Waals surface area contributed by atoms with Crippen molar-refractivity contribution in [2.45, 2.75) is 80.8 Å². The van der Waals surface area contributed by atoms with Gasteiger partial charge in [0.05, 0.1) is 6.04 Å². The standard InChI is InChI=1S/C18H27N.C12H21N/c1-9-13(3)15(5)11-12-16(6)18(8)19-17(7)14(4)10-2;1-8-11(6)13(10(4)5)12(7)9(2)3/h10-12,18-19H,2-4,7,9H2,1,5-6,8H3;8,12H,2,4H2,1,3,5-7H3/b15-11+,16-12+;11-8-. The molecule has 2 heteroatoms. The highest BCUT2D eigenvalue weighted by atomic mass is 15.2. The van der Waals surface area contributed by atoms with Crippen molar-refractivity contribution in [3.05, 3.63) is 109 Å². The highest BCUT2D eigenvalue weighted by molar-refractivity contribution is 5.35. The van der Waals surface area contributed by atoms with E-state index in [4.69, 9.17) is 0 Å². The van der Waals surface area contributed by atoms with Crippen molar-refractivity contribution in [3.8, 4) is 0 Å². The number of rotatable bonds is 12. The number of hydrogen-bond acceptors (Lipinski definition) is 2. The summed E-state index contributed by atoms with van der Waals surface area (Å²) in [5.74, 6) is 0. The van der Waals surface area contributed by atoms with Gasteiger partial charge in [-0.1, -0.05) is 87.4 Å². The maximum atomic E-state index is 4.03. The molecule has 0 aromatic carbocycles. The van der Waals surface area contributed by atoms with Crippen LogP contribution in [0.4, 0.5) is 0 Å². The number of hydrogen-bond donors (Lipinski definition) is 1. The second-order valence-electron chi connectivity index (χ2n) is 8.35. The summed E-state index contributed by atoms with van der Waals surface area (Å²) >= 11 is 0. The van der Waals surface area contributed by atoms with Gasteiger partial charge in [-0.2, -0.15) is 0 Å². The van der Waals surface area contributed by atoms with E-state index >= 15 is 0 Å². The van der Waals surface area contributed by atoms with Crippen molar-refractivity contribution in [1.82, 2.24) is 10.2 Å². The summed E-state index contributed by atoms with van der Waals surface area (Å²) in [5.41, 5.74) is 8.72. The van der Waals surface area contributed by atoms with Gasteiger partial charge in [-0.15, -0.1) is 0 Å². The summed E-state index contributed by atoms with van der Waals surface area (Å²) < 4.78 is 0. The van der Waals surface area contributed by atoms with Gasteiger partial charge in [0.15, 0.2) is 0 Å². The van der Waals surface area contributed by atoms with E-state index in [-0.39, 0.29) is 6.04 Å². The molecular formula is C30H48N2. The molecule has 2 atom stereocenters. The van der Waals surface area contributed by atoms with E-state index < -0.39 is 0 Å². The lowest BCUT2D eigenvalue weighted by Gasteiger charge is -2.32. The molecular weight excluding hydrogens is 388 g/mol. The monoisotopic (exact) mass is 436 g/mol. The van der Waals surface area contributed by atoms with E-state index in [9.17, 15) is 0 Å². The van der Waals surface area contributed by atoms with E-state index in [1.165, 1.54) is 22.4 Å². The lowest BCUT2D eigenvalue weighted by molar-refractivity contribution is 0.371. The van der Waals surface area contributed by atoms with Crippen LogP contribution in [0.15, 0.2) is 109 Å². The Kier molecular flexibility index (Phi) is 15.7. The number of allylic oxidation sites excluding steroid dienone is 8. The first kappa shape index (κ1) is 31.4. The molecule has 32 heavy (non-hydrogen) atoms. The van der Waals surface area contributed by atoms with Crippen LogP contribution < -0.4 is 5.32 Å². The van der Waals surface area contributed by atoms with E-state index in [0.29, 0.717) is 6.04 Å². The smallest absolute Gasteiger partial charge is 0.0511 e. The third-order valence-corrected chi connectivity index (χ3v) is 5.60. The van der Waals surface area contributed by atoms with Gasteiger partial charge in [0.2, 0.25) is 0 Å². The van der Waals surface area contributed by atoms with Crippen LogP contribution in [0.2, 0.25) is 0 Å². The second kappa shape index (κ2) is 16.0. The highest BCUT2D eigenvalue weighted by Gasteiger charge is 2.14. The van der Waals surface area contributed by atoms with Crippen LogP contribution in [0.1, 0.15) is 68.7 Å². The molecule has 0 bridgehead atoms. The molecule has 0 aromatic rings. The van der Waals surface area contributed by atoms with Gasteiger partial charge in [0.25, 0.3) is 0 Å². The maximum absolute atomic E-state index is 4.03. The normalized spacial score (nSPS) is 13.7. The predicted octanol–water partition coefficient (Wildman–Crippen LogP) is 8.79. The summed E-state index contributed by atoms with van der Waals surface area (Å²) in [4.78, 5) is 2.20. The van der Waals surface area contributed by atoms with Crippen molar-refractivity contribution in [1.29, 1.82) is 0 Å². The minimum atomic E-state index is 0.211. The molecule has 2 unspecified atom stereocenters. The Labute approximate surface area is 199 Å². The second-order valence-corrected chi connectivity index (χ2v) is 8.35. The topological polar surface area (TPSA) is 15.3 Å². The zero-order chi connectivity index (χ0) is 25.6. The molecule has 0 aliphatic heterocycles. The van der Waals surface area contributed by atoms with Gasteiger partial charge < -0.3 is 10.2 Å². The molecule has 0 fully saturated rings. The molecule has 0 radical (unpaired) electrons. The zero-order valence-corrected chi connectivity index (χ0v) is 22.4. The fourth-order valence-corrected chi connectivity index (χ4v) is 2.69. The Bertz CT molecular complexity index is 799. The summed E-state index contributed by atoms with van der Waals surface area (Å²) in [7, 11) is 0. The molecule has 0 rings (SSSR count). The SMILES string of the molecule is C=C(C)C(C)N(C(=C)C)/C(C)=C\C.C=CC(=C)C(=C)NC(C)/C(C)=C/C=C(\C)C(=C)CC. The number of nitrogens with zero attached hydrogens (tertiary/aromatic N) is 1. The van der Waals surface area contributed by atoms with Crippen molar-refractivity contribution >= 4 is 0 Å². The summed E-state index contributed by atoms with van der Waals surface area (Å²) in [6.07, 6.45) is 9.02. The van der Waals surface area contributed by atoms with Gasteiger partial charge >= 0.3 is 0 Å². The van der Waals surface area contributed by atoms with Crippen molar-refractivity contribution in [2.75, 3.05) is 0 Å². The van der Waals surface area contributed by atoms with Crippen molar-refractivity contribution < 1.29 is 0 Å². The summed E-state index contributed by atoms with van der Waals surface area (Å²) in [6, 6.07) is 0.539. The molecule has 0 spiro atoms. The Hall–Kier alpha value is -2.74. The van der Waals surface area contributed by atoms with Crippen LogP contribution >= 0.6 is 0 Å². The van der Waals surface area contributed by atoms with Crippen LogP contribution in [-0.2, 0) is 0 Å². The fourth-order valence-electron chi connectivity index (χ4n) is 2.69. The van der Waals surface area contributed by atoms with Crippen LogP contribution in [0, 0.1) is 0 Å². The van der Waals surface area contributed by atoms with Crippen LogP contribution in [0.3, 0.4) is 0 Å². The van der Waals surface area contributed by atoms with Crippen LogP contribution in [-0.4, -0.2) is 17.0 Å². The first-order chi connectivity index (χ1) is 14.7. The number of nitrogens with one attached hydrogen (secondary N) is 1. The molecule has 0 aromatic heterocycles. The van der Waals surface area contributed by atoms with Crippen molar-refractivity contribution in [2.24, 2.45) is 0 Å².